The van der Waals surface area contributed by atoms with Gasteiger partial charge in [-0.3, -0.25) is 4.79 Å². The van der Waals surface area contributed by atoms with Crippen molar-refractivity contribution in [3.05, 3.63) is 76.7 Å². The number of amides is 1. The van der Waals surface area contributed by atoms with Gasteiger partial charge >= 0.3 is 0 Å². The molecule has 164 valence electrons. The van der Waals surface area contributed by atoms with Gasteiger partial charge in [-0.25, -0.2) is 12.7 Å². The van der Waals surface area contributed by atoms with Crippen LogP contribution in [0, 0.1) is 0 Å². The molecule has 3 aromatic rings. The number of methoxy groups -OCH3 is 2. The second kappa shape index (κ2) is 10.2. The van der Waals surface area contributed by atoms with Gasteiger partial charge in [0, 0.05) is 16.9 Å². The van der Waals surface area contributed by atoms with Crippen molar-refractivity contribution in [2.24, 2.45) is 0 Å². The van der Waals surface area contributed by atoms with E-state index >= 15 is 0 Å². The molecule has 0 bridgehead atoms. The first-order valence-electron chi connectivity index (χ1n) is 9.30. The Morgan fingerprint density at radius 3 is 2.48 bits per heavy atom. The number of carbonyl (C=O) groups excluding carboxylic acids is 1. The predicted molar refractivity (Wildman–Crippen MR) is 125 cm³/mol. The van der Waals surface area contributed by atoms with Crippen molar-refractivity contribution >= 4 is 39.0 Å². The number of sulfonamides is 1. The van der Waals surface area contributed by atoms with Gasteiger partial charge in [-0.2, -0.15) is 0 Å². The maximum absolute atomic E-state index is 13.2. The largest absolute Gasteiger partial charge is 0.493 e. The van der Waals surface area contributed by atoms with E-state index in [0.717, 1.165) is 16.1 Å². The quantitative estimate of drug-likeness (QED) is 0.418. The van der Waals surface area contributed by atoms with Crippen LogP contribution in [0.2, 0.25) is 0 Å². The fourth-order valence-corrected chi connectivity index (χ4v) is 5.52. The third kappa shape index (κ3) is 5.81. The summed E-state index contributed by atoms with van der Waals surface area (Å²) in [6.07, 6.45) is 1.02. The van der Waals surface area contributed by atoms with Crippen LogP contribution >= 0.6 is 23.1 Å². The number of thioether (sulfide) groups is 1. The van der Waals surface area contributed by atoms with Crippen molar-refractivity contribution in [1.82, 2.24) is 4.31 Å². The van der Waals surface area contributed by atoms with E-state index in [1.54, 1.807) is 59.5 Å². The van der Waals surface area contributed by atoms with Gasteiger partial charge in [0.25, 0.3) is 5.91 Å². The maximum atomic E-state index is 13.2. The van der Waals surface area contributed by atoms with Crippen molar-refractivity contribution in [2.75, 3.05) is 20.5 Å². The third-order valence-electron chi connectivity index (χ3n) is 4.48. The van der Waals surface area contributed by atoms with Gasteiger partial charge in [-0.05, 0) is 35.2 Å². The first-order valence-corrected chi connectivity index (χ1v) is 13.0. The highest BCUT2D eigenvalue weighted by molar-refractivity contribution is 8.00. The van der Waals surface area contributed by atoms with Crippen molar-refractivity contribution in [2.45, 2.75) is 16.5 Å². The second-order valence-electron chi connectivity index (χ2n) is 6.65. The number of thiophene rings is 1. The van der Waals surface area contributed by atoms with Gasteiger partial charge in [0.05, 0.1) is 31.2 Å². The van der Waals surface area contributed by atoms with E-state index in [-0.39, 0.29) is 6.54 Å². The van der Waals surface area contributed by atoms with Crippen LogP contribution in [0.25, 0.3) is 0 Å². The molecule has 0 N–H and O–H groups in total. The Balaban J connectivity index is 1.87. The zero-order valence-corrected chi connectivity index (χ0v) is 19.9. The molecule has 3 rings (SSSR count). The minimum absolute atomic E-state index is 0.161. The van der Waals surface area contributed by atoms with Gasteiger partial charge in [0.1, 0.15) is 0 Å². The maximum Gasteiger partial charge on any atom is 0.267 e. The molecule has 0 unspecified atom stereocenters. The number of nitrogens with zero attached hydrogens (tertiary/aromatic N) is 1. The molecule has 0 aliphatic carbocycles. The van der Waals surface area contributed by atoms with Crippen LogP contribution in [-0.2, 0) is 22.3 Å². The number of benzene rings is 2. The van der Waals surface area contributed by atoms with Crippen LogP contribution in [0.1, 0.15) is 21.5 Å². The Morgan fingerprint density at radius 2 is 1.84 bits per heavy atom. The molecule has 1 amide bonds. The molecule has 0 aliphatic heterocycles. The number of para-hydroxylation sites is 1. The fraction of sp³-hybridized carbons (Fsp3) is 0.227. The summed E-state index contributed by atoms with van der Waals surface area (Å²) in [5.74, 6) is 0.959. The lowest BCUT2D eigenvalue weighted by Crippen LogP contribution is -2.35. The van der Waals surface area contributed by atoms with Crippen LogP contribution in [0.4, 0.5) is 0 Å². The average Bonchev–Trinajstić information content (AvgIpc) is 3.28. The normalized spacial score (nSPS) is 11.2. The standard InChI is InChI=1S/C22H23NO5S3/c1-27-19-10-5-9-18(21(19)28-2)14-23(31(3,25)26)22(24)17-8-4-7-16(13-17)15-30-20-11-6-12-29-20/h4-13H,14-15H2,1-3H3. The lowest BCUT2D eigenvalue weighted by atomic mass is 10.1. The Morgan fingerprint density at radius 1 is 1.06 bits per heavy atom. The zero-order chi connectivity index (χ0) is 22.4. The van der Waals surface area contributed by atoms with Crippen LogP contribution < -0.4 is 9.47 Å². The van der Waals surface area contributed by atoms with E-state index in [1.165, 1.54) is 18.4 Å². The van der Waals surface area contributed by atoms with Gasteiger partial charge in [-0.15, -0.1) is 23.1 Å². The van der Waals surface area contributed by atoms with Gasteiger partial charge < -0.3 is 9.47 Å². The molecule has 0 saturated heterocycles. The first-order chi connectivity index (χ1) is 14.8. The lowest BCUT2D eigenvalue weighted by molar-refractivity contribution is 0.0855. The molecular weight excluding hydrogens is 454 g/mol. The van der Waals surface area contributed by atoms with E-state index in [2.05, 4.69) is 0 Å². The van der Waals surface area contributed by atoms with Crippen molar-refractivity contribution in [3.8, 4) is 11.5 Å². The molecule has 0 spiro atoms. The number of carbonyl (C=O) groups is 1. The van der Waals surface area contributed by atoms with Gasteiger partial charge in [-0.1, -0.05) is 30.3 Å². The Labute approximate surface area is 190 Å². The smallest absolute Gasteiger partial charge is 0.267 e. The molecule has 0 atom stereocenters. The highest BCUT2D eigenvalue weighted by atomic mass is 32.2. The van der Waals surface area contributed by atoms with Gasteiger partial charge in [0.2, 0.25) is 10.0 Å². The molecule has 9 heteroatoms. The number of hydrogen-bond acceptors (Lipinski definition) is 7. The molecule has 0 aliphatic rings. The highest BCUT2D eigenvalue weighted by Gasteiger charge is 2.27. The minimum atomic E-state index is -3.83. The van der Waals surface area contributed by atoms with E-state index in [0.29, 0.717) is 28.4 Å². The van der Waals surface area contributed by atoms with Crippen molar-refractivity contribution in [1.29, 1.82) is 0 Å². The molecule has 6 nitrogen and oxygen atoms in total. The highest BCUT2D eigenvalue weighted by Crippen LogP contribution is 2.32. The molecular formula is C22H23NO5S3. The Kier molecular flexibility index (Phi) is 7.64. The zero-order valence-electron chi connectivity index (χ0n) is 17.4. The second-order valence-corrected chi connectivity index (χ2v) is 10.8. The number of hydrogen-bond donors (Lipinski definition) is 0. The molecule has 1 aromatic heterocycles. The molecule has 2 aromatic carbocycles. The first kappa shape index (κ1) is 23.2. The van der Waals surface area contributed by atoms with E-state index in [1.807, 2.05) is 23.6 Å². The summed E-state index contributed by atoms with van der Waals surface area (Å²) in [6, 6.07) is 16.2. The average molecular weight is 478 g/mol. The summed E-state index contributed by atoms with van der Waals surface area (Å²) in [6.45, 7) is -0.161. The van der Waals surface area contributed by atoms with Crippen LogP contribution in [0.15, 0.2) is 64.2 Å². The minimum Gasteiger partial charge on any atom is -0.493 e. The monoisotopic (exact) mass is 477 g/mol. The molecule has 0 fully saturated rings. The Hall–Kier alpha value is -2.49. The fourth-order valence-electron chi connectivity index (χ4n) is 3.01. The predicted octanol–water partition coefficient (Wildman–Crippen LogP) is 4.66. The summed E-state index contributed by atoms with van der Waals surface area (Å²) < 4.78 is 37.7. The molecule has 31 heavy (non-hydrogen) atoms. The number of ether oxygens (including phenoxy) is 2. The molecule has 0 radical (unpaired) electrons. The summed E-state index contributed by atoms with van der Waals surface area (Å²) in [5, 5.41) is 2.01. The lowest BCUT2D eigenvalue weighted by Gasteiger charge is -2.22. The number of rotatable bonds is 9. The topological polar surface area (TPSA) is 72.9 Å². The summed E-state index contributed by atoms with van der Waals surface area (Å²) in [4.78, 5) is 13.2. The van der Waals surface area contributed by atoms with E-state index < -0.39 is 15.9 Å². The van der Waals surface area contributed by atoms with Crippen LogP contribution in [-0.4, -0.2) is 39.1 Å². The summed E-state index contributed by atoms with van der Waals surface area (Å²) in [5.41, 5.74) is 1.79. The molecule has 1 heterocycles. The summed E-state index contributed by atoms with van der Waals surface area (Å²) >= 11 is 3.33. The van der Waals surface area contributed by atoms with Crippen molar-refractivity contribution < 1.29 is 22.7 Å². The van der Waals surface area contributed by atoms with Crippen molar-refractivity contribution in [3.63, 3.8) is 0 Å². The van der Waals surface area contributed by atoms with Gasteiger partial charge in [0.15, 0.2) is 11.5 Å². The third-order valence-corrected chi connectivity index (χ3v) is 7.77. The van der Waals surface area contributed by atoms with E-state index in [9.17, 15) is 13.2 Å². The molecule has 0 saturated carbocycles. The SMILES string of the molecule is COc1cccc(CN(C(=O)c2cccc(CSc3cccs3)c2)S(C)(=O)=O)c1OC. The van der Waals surface area contributed by atoms with E-state index in [4.69, 9.17) is 9.47 Å². The van der Waals surface area contributed by atoms with Crippen LogP contribution in [0.3, 0.4) is 0 Å². The Bertz CT molecular complexity index is 1140. The van der Waals surface area contributed by atoms with Crippen LogP contribution in [0.5, 0.6) is 11.5 Å². The summed E-state index contributed by atoms with van der Waals surface area (Å²) in [7, 11) is -0.856.